The molecule has 0 aliphatic carbocycles. The van der Waals surface area contributed by atoms with Gasteiger partial charge < -0.3 is 25.6 Å². The molecule has 1 unspecified atom stereocenters. The average molecular weight is 383 g/mol. The second-order valence-corrected chi connectivity index (χ2v) is 6.48. The fraction of sp³-hybridized carbons (Fsp3) is 0.556. The Morgan fingerprint density at radius 1 is 1.00 bits per heavy atom. The molecule has 2 heterocycles. The van der Waals surface area contributed by atoms with E-state index in [-0.39, 0.29) is 30.4 Å². The van der Waals surface area contributed by atoms with E-state index in [9.17, 15) is 9.59 Å². The first-order valence-corrected chi connectivity index (χ1v) is 9.00. The van der Waals surface area contributed by atoms with Gasteiger partial charge in [-0.05, 0) is 37.1 Å². The van der Waals surface area contributed by atoms with Crippen LogP contribution in [0.3, 0.4) is 0 Å². The molecule has 3 amide bonds. The van der Waals surface area contributed by atoms with Crippen LogP contribution in [0.4, 0.5) is 16.2 Å². The molecule has 2 fully saturated rings. The van der Waals surface area contributed by atoms with E-state index in [4.69, 9.17) is 4.74 Å². The van der Waals surface area contributed by atoms with Crippen LogP contribution in [0.15, 0.2) is 24.3 Å². The summed E-state index contributed by atoms with van der Waals surface area (Å²) in [7, 11) is 0. The molecule has 1 aromatic rings. The lowest BCUT2D eigenvalue weighted by Crippen LogP contribution is -2.48. The van der Waals surface area contributed by atoms with Gasteiger partial charge in [-0.2, -0.15) is 0 Å². The van der Waals surface area contributed by atoms with E-state index in [2.05, 4.69) is 16.0 Å². The second-order valence-electron chi connectivity index (χ2n) is 6.48. The summed E-state index contributed by atoms with van der Waals surface area (Å²) in [5.41, 5.74) is 1.43. The summed E-state index contributed by atoms with van der Waals surface area (Å²) in [4.78, 5) is 26.3. The average Bonchev–Trinajstić information content (AvgIpc) is 2.93. The Balaban J connectivity index is 0.00000243. The Labute approximate surface area is 160 Å². The highest BCUT2D eigenvalue weighted by Gasteiger charge is 2.21. The number of carbonyl (C=O) groups is 2. The first-order chi connectivity index (χ1) is 12.2. The van der Waals surface area contributed by atoms with Gasteiger partial charge in [-0.15, -0.1) is 12.4 Å². The molecule has 0 bridgehead atoms. The van der Waals surface area contributed by atoms with Crippen LogP contribution in [0, 0.1) is 0 Å². The molecule has 3 N–H and O–H groups in total. The zero-order valence-electron chi connectivity index (χ0n) is 14.8. The molecule has 8 heteroatoms. The molecule has 2 saturated heterocycles. The van der Waals surface area contributed by atoms with Crippen molar-refractivity contribution in [2.75, 3.05) is 43.5 Å². The lowest BCUT2D eigenvalue weighted by atomic mass is 10.2. The van der Waals surface area contributed by atoms with E-state index >= 15 is 0 Å². The van der Waals surface area contributed by atoms with Gasteiger partial charge >= 0.3 is 6.03 Å². The van der Waals surface area contributed by atoms with Crippen molar-refractivity contribution in [3.63, 3.8) is 0 Å². The van der Waals surface area contributed by atoms with E-state index < -0.39 is 0 Å². The number of likely N-dealkylation sites (tertiary alicyclic amines) is 1. The number of hydrogen-bond donors (Lipinski definition) is 3. The number of amides is 3. The van der Waals surface area contributed by atoms with E-state index in [0.717, 1.165) is 31.6 Å². The molecular formula is C18H27ClN4O3. The maximum absolute atomic E-state index is 12.3. The lowest BCUT2D eigenvalue weighted by Gasteiger charge is -2.23. The van der Waals surface area contributed by atoms with Gasteiger partial charge in [-0.1, -0.05) is 12.8 Å². The molecule has 7 nitrogen and oxygen atoms in total. The highest BCUT2D eigenvalue weighted by molar-refractivity contribution is 5.95. The van der Waals surface area contributed by atoms with Gasteiger partial charge in [0.1, 0.15) is 6.04 Å². The summed E-state index contributed by atoms with van der Waals surface area (Å²) in [6.45, 7) is 3.33. The number of benzene rings is 1. The first kappa shape index (κ1) is 20.5. The Hall–Kier alpha value is -1.83. The van der Waals surface area contributed by atoms with E-state index in [0.29, 0.717) is 25.4 Å². The Bertz CT molecular complexity index is 583. The number of nitrogens with zero attached hydrogens (tertiary/aromatic N) is 1. The maximum atomic E-state index is 12.3. The maximum Gasteiger partial charge on any atom is 0.321 e. The van der Waals surface area contributed by atoms with Crippen LogP contribution in [-0.4, -0.2) is 55.7 Å². The number of carbonyl (C=O) groups excluding carboxylic acids is 2. The molecule has 144 valence electrons. The smallest absolute Gasteiger partial charge is 0.321 e. The van der Waals surface area contributed by atoms with Crippen LogP contribution >= 0.6 is 12.4 Å². The van der Waals surface area contributed by atoms with Gasteiger partial charge in [0.25, 0.3) is 0 Å². The monoisotopic (exact) mass is 382 g/mol. The molecule has 1 aromatic carbocycles. The van der Waals surface area contributed by atoms with Crippen molar-refractivity contribution in [2.45, 2.75) is 31.7 Å². The number of morpholine rings is 1. The normalized spacial score (nSPS) is 20.5. The third kappa shape index (κ3) is 5.86. The van der Waals surface area contributed by atoms with Crippen LogP contribution in [0.25, 0.3) is 0 Å². The minimum Gasteiger partial charge on any atom is -0.378 e. The first-order valence-electron chi connectivity index (χ1n) is 9.00. The predicted molar refractivity (Wildman–Crippen MR) is 104 cm³/mol. The third-order valence-electron chi connectivity index (χ3n) is 4.54. The summed E-state index contributed by atoms with van der Waals surface area (Å²) in [5.74, 6) is -0.110. The molecule has 0 spiro atoms. The van der Waals surface area contributed by atoms with Crippen LogP contribution in [-0.2, 0) is 9.53 Å². The van der Waals surface area contributed by atoms with Crippen LogP contribution < -0.4 is 16.0 Å². The fourth-order valence-electron chi connectivity index (χ4n) is 3.08. The van der Waals surface area contributed by atoms with Crippen molar-refractivity contribution < 1.29 is 14.3 Å². The number of anilines is 2. The van der Waals surface area contributed by atoms with Crippen molar-refractivity contribution in [3.05, 3.63) is 24.3 Å². The van der Waals surface area contributed by atoms with Gasteiger partial charge in [-0.25, -0.2) is 4.79 Å². The van der Waals surface area contributed by atoms with Crippen LogP contribution in [0.1, 0.15) is 25.7 Å². The zero-order chi connectivity index (χ0) is 17.5. The summed E-state index contributed by atoms with van der Waals surface area (Å²) in [6.07, 6.45) is 4.52. The highest BCUT2D eigenvalue weighted by Crippen LogP contribution is 2.16. The molecule has 0 aromatic heterocycles. The second kappa shape index (κ2) is 10.4. The molecule has 1 atom stereocenters. The standard InChI is InChI=1S/C18H26N4O3.ClH/c23-17(16-13-25-12-9-19-16)20-14-5-7-15(8-6-14)21-18(24)22-10-3-1-2-4-11-22;/h5-8,16,19H,1-4,9-13H2,(H,20,23)(H,21,24);1H. The fourth-order valence-corrected chi connectivity index (χ4v) is 3.08. The van der Waals surface area contributed by atoms with Crippen molar-refractivity contribution >= 4 is 35.7 Å². The predicted octanol–water partition coefficient (Wildman–Crippen LogP) is 2.44. The Morgan fingerprint density at radius 2 is 1.62 bits per heavy atom. The minimum absolute atomic E-state index is 0. The van der Waals surface area contributed by atoms with Gasteiger partial charge in [0.05, 0.1) is 13.2 Å². The number of urea groups is 1. The molecule has 26 heavy (non-hydrogen) atoms. The van der Waals surface area contributed by atoms with Crippen molar-refractivity contribution in [1.29, 1.82) is 0 Å². The summed E-state index contributed by atoms with van der Waals surface area (Å²) in [5, 5.41) is 8.90. The van der Waals surface area contributed by atoms with Gasteiger partial charge in [0.15, 0.2) is 0 Å². The van der Waals surface area contributed by atoms with Gasteiger partial charge in [-0.3, -0.25) is 4.79 Å². The summed E-state index contributed by atoms with van der Waals surface area (Å²) < 4.78 is 5.29. The molecule has 0 radical (unpaired) electrons. The van der Waals surface area contributed by atoms with Crippen molar-refractivity contribution in [3.8, 4) is 0 Å². The van der Waals surface area contributed by atoms with Crippen molar-refractivity contribution in [1.82, 2.24) is 10.2 Å². The summed E-state index contributed by atoms with van der Waals surface area (Å²) in [6, 6.07) is 6.81. The van der Waals surface area contributed by atoms with Gasteiger partial charge in [0, 0.05) is 31.0 Å². The molecule has 0 saturated carbocycles. The summed E-state index contributed by atoms with van der Waals surface area (Å²) >= 11 is 0. The number of nitrogens with one attached hydrogen (secondary N) is 3. The number of ether oxygens (including phenoxy) is 1. The topological polar surface area (TPSA) is 82.7 Å². The largest absolute Gasteiger partial charge is 0.378 e. The number of rotatable bonds is 3. The lowest BCUT2D eigenvalue weighted by molar-refractivity contribution is -0.120. The zero-order valence-corrected chi connectivity index (χ0v) is 15.6. The SMILES string of the molecule is Cl.O=C(Nc1ccc(NC(=O)N2CCCCCC2)cc1)C1COCCN1. The Kier molecular flexibility index (Phi) is 8.15. The van der Waals surface area contributed by atoms with Gasteiger partial charge in [0.2, 0.25) is 5.91 Å². The van der Waals surface area contributed by atoms with Crippen LogP contribution in [0.5, 0.6) is 0 Å². The molecule has 2 aliphatic rings. The minimum atomic E-state index is -0.323. The molecule has 3 rings (SSSR count). The molecular weight excluding hydrogens is 356 g/mol. The van der Waals surface area contributed by atoms with E-state index in [1.165, 1.54) is 12.8 Å². The Morgan fingerprint density at radius 3 is 2.19 bits per heavy atom. The van der Waals surface area contributed by atoms with Crippen LogP contribution in [0.2, 0.25) is 0 Å². The number of halogens is 1. The highest BCUT2D eigenvalue weighted by atomic mass is 35.5. The quantitative estimate of drug-likeness (QED) is 0.749. The third-order valence-corrected chi connectivity index (χ3v) is 4.54. The van der Waals surface area contributed by atoms with E-state index in [1.807, 2.05) is 4.90 Å². The molecule has 2 aliphatic heterocycles. The van der Waals surface area contributed by atoms with E-state index in [1.54, 1.807) is 24.3 Å². The van der Waals surface area contributed by atoms with Crippen molar-refractivity contribution in [2.24, 2.45) is 0 Å². The number of hydrogen-bond acceptors (Lipinski definition) is 4.